The topological polar surface area (TPSA) is 33.2 Å². The fraction of sp³-hybridized carbons (Fsp3) is 0.625. The second-order valence-corrected chi connectivity index (χ2v) is 5.33. The average molecular weight is 260 g/mol. The summed E-state index contributed by atoms with van der Waals surface area (Å²) in [5.74, 6) is 0.304. The van der Waals surface area contributed by atoms with Gasteiger partial charge in [-0.05, 0) is 37.8 Å². The molecule has 1 fully saturated rings. The van der Waals surface area contributed by atoms with E-state index in [1.54, 1.807) is 6.20 Å². The number of hydrogen-bond acceptors (Lipinski definition) is 2. The summed E-state index contributed by atoms with van der Waals surface area (Å²) in [7, 11) is 0. The molecule has 1 aliphatic carbocycles. The molecule has 0 aliphatic heterocycles. The molecule has 1 aliphatic rings. The van der Waals surface area contributed by atoms with Crippen LogP contribution in [0, 0.1) is 0 Å². The van der Waals surface area contributed by atoms with E-state index in [9.17, 15) is 4.79 Å². The lowest BCUT2D eigenvalue weighted by atomic mass is 9.94. The van der Waals surface area contributed by atoms with E-state index < -0.39 is 0 Å². The van der Waals surface area contributed by atoms with Gasteiger partial charge in [0.15, 0.2) is 0 Å². The van der Waals surface area contributed by atoms with Gasteiger partial charge in [-0.1, -0.05) is 25.3 Å². The number of carbonyl (C=O) groups is 1. The van der Waals surface area contributed by atoms with Crippen molar-refractivity contribution in [2.45, 2.75) is 57.9 Å². The van der Waals surface area contributed by atoms with Crippen molar-refractivity contribution < 1.29 is 4.79 Å². The summed E-state index contributed by atoms with van der Waals surface area (Å²) in [4.78, 5) is 18.5. The molecule has 0 unspecified atom stereocenters. The molecule has 0 spiro atoms. The van der Waals surface area contributed by atoms with Gasteiger partial charge in [0.25, 0.3) is 0 Å². The first-order chi connectivity index (χ1) is 9.31. The van der Waals surface area contributed by atoms with Crippen LogP contribution >= 0.6 is 0 Å². The maximum Gasteiger partial charge on any atom is 0.223 e. The summed E-state index contributed by atoms with van der Waals surface area (Å²) in [5, 5.41) is 0. The van der Waals surface area contributed by atoms with Crippen LogP contribution in [0.5, 0.6) is 0 Å². The van der Waals surface area contributed by atoms with E-state index in [4.69, 9.17) is 0 Å². The highest BCUT2D eigenvalue weighted by Crippen LogP contribution is 2.23. The summed E-state index contributed by atoms with van der Waals surface area (Å²) in [6.07, 6.45) is 11.3. The fourth-order valence-electron chi connectivity index (χ4n) is 2.97. The Balaban J connectivity index is 1.86. The molecule has 3 nitrogen and oxygen atoms in total. The molecule has 1 heterocycles. The second-order valence-electron chi connectivity index (χ2n) is 5.33. The van der Waals surface area contributed by atoms with Gasteiger partial charge in [0.1, 0.15) is 0 Å². The van der Waals surface area contributed by atoms with Crippen molar-refractivity contribution in [3.8, 4) is 0 Å². The van der Waals surface area contributed by atoms with Crippen LogP contribution in [0.3, 0.4) is 0 Å². The maximum atomic E-state index is 12.4. The Kier molecular flexibility index (Phi) is 5.37. The van der Waals surface area contributed by atoms with Crippen LogP contribution in [0.2, 0.25) is 0 Å². The van der Waals surface area contributed by atoms with Crippen LogP contribution < -0.4 is 0 Å². The first-order valence-electron chi connectivity index (χ1n) is 7.49. The summed E-state index contributed by atoms with van der Waals surface area (Å²) in [5.41, 5.74) is 1.15. The number of aromatic nitrogens is 1. The molecule has 104 valence electrons. The second kappa shape index (κ2) is 7.27. The fourth-order valence-corrected chi connectivity index (χ4v) is 2.97. The molecule has 1 saturated carbocycles. The molecule has 19 heavy (non-hydrogen) atoms. The predicted octanol–water partition coefficient (Wildman–Crippen LogP) is 3.20. The number of pyridine rings is 1. The monoisotopic (exact) mass is 260 g/mol. The minimum Gasteiger partial charge on any atom is -0.340 e. The van der Waals surface area contributed by atoms with Gasteiger partial charge in [-0.3, -0.25) is 9.78 Å². The zero-order valence-corrected chi connectivity index (χ0v) is 11.8. The van der Waals surface area contributed by atoms with Crippen LogP contribution in [0.1, 0.15) is 51.0 Å². The zero-order chi connectivity index (χ0) is 13.5. The lowest BCUT2D eigenvalue weighted by Crippen LogP contribution is -2.41. The third kappa shape index (κ3) is 4.05. The van der Waals surface area contributed by atoms with Crippen LogP contribution in [0.25, 0.3) is 0 Å². The Hall–Kier alpha value is -1.38. The quantitative estimate of drug-likeness (QED) is 0.814. The molecule has 0 bridgehead atoms. The summed E-state index contributed by atoms with van der Waals surface area (Å²) in [6.45, 7) is 2.94. The Morgan fingerprint density at radius 3 is 2.79 bits per heavy atom. The highest BCUT2D eigenvalue weighted by atomic mass is 16.2. The van der Waals surface area contributed by atoms with Crippen molar-refractivity contribution in [1.82, 2.24) is 9.88 Å². The van der Waals surface area contributed by atoms with Gasteiger partial charge >= 0.3 is 0 Å². The molecule has 0 atom stereocenters. The van der Waals surface area contributed by atoms with Crippen molar-refractivity contribution in [2.75, 3.05) is 6.54 Å². The maximum absolute atomic E-state index is 12.4. The Morgan fingerprint density at radius 2 is 2.16 bits per heavy atom. The van der Waals surface area contributed by atoms with E-state index in [1.807, 2.05) is 18.3 Å². The Bertz CT molecular complexity index is 385. The Labute approximate surface area is 116 Å². The molecule has 1 aromatic rings. The van der Waals surface area contributed by atoms with Crippen LogP contribution in [0.4, 0.5) is 0 Å². The summed E-state index contributed by atoms with van der Waals surface area (Å²) in [6, 6.07) is 4.45. The van der Waals surface area contributed by atoms with E-state index >= 15 is 0 Å². The predicted molar refractivity (Wildman–Crippen MR) is 76.8 cm³/mol. The molecular formula is C16H24N2O. The van der Waals surface area contributed by atoms with Gasteiger partial charge in [0, 0.05) is 31.4 Å². The van der Waals surface area contributed by atoms with E-state index in [2.05, 4.69) is 16.8 Å². The average Bonchev–Trinajstić information content (AvgIpc) is 2.48. The number of hydrogen-bond donors (Lipinski definition) is 0. The lowest BCUT2D eigenvalue weighted by Gasteiger charge is -2.33. The highest BCUT2D eigenvalue weighted by molar-refractivity contribution is 5.76. The molecule has 0 radical (unpaired) electrons. The van der Waals surface area contributed by atoms with Gasteiger partial charge < -0.3 is 4.90 Å². The third-order valence-corrected chi connectivity index (χ3v) is 4.03. The third-order valence-electron chi connectivity index (χ3n) is 4.03. The highest BCUT2D eigenvalue weighted by Gasteiger charge is 2.23. The Morgan fingerprint density at radius 1 is 1.37 bits per heavy atom. The van der Waals surface area contributed by atoms with Crippen molar-refractivity contribution in [2.24, 2.45) is 0 Å². The number of carbonyl (C=O) groups excluding carboxylic acids is 1. The van der Waals surface area contributed by atoms with E-state index in [0.29, 0.717) is 18.4 Å². The van der Waals surface area contributed by atoms with Crippen LogP contribution in [-0.2, 0) is 11.2 Å². The minimum atomic E-state index is 0.304. The number of rotatable bonds is 5. The summed E-state index contributed by atoms with van der Waals surface area (Å²) >= 11 is 0. The SMILES string of the molecule is CCN(C(=O)CCc1cccnc1)C1CCCCC1. The van der Waals surface area contributed by atoms with Crippen molar-refractivity contribution in [3.63, 3.8) is 0 Å². The van der Waals surface area contributed by atoms with Gasteiger partial charge in [0.05, 0.1) is 0 Å². The molecule has 3 heteroatoms. The largest absolute Gasteiger partial charge is 0.340 e. The first-order valence-corrected chi connectivity index (χ1v) is 7.49. The first kappa shape index (κ1) is 14.0. The zero-order valence-electron chi connectivity index (χ0n) is 11.8. The van der Waals surface area contributed by atoms with Gasteiger partial charge in [-0.2, -0.15) is 0 Å². The molecule has 0 saturated heterocycles. The molecule has 1 aromatic heterocycles. The number of amides is 1. The normalized spacial score (nSPS) is 16.3. The van der Waals surface area contributed by atoms with Gasteiger partial charge in [0.2, 0.25) is 5.91 Å². The van der Waals surface area contributed by atoms with E-state index in [1.165, 1.54) is 32.1 Å². The van der Waals surface area contributed by atoms with E-state index in [-0.39, 0.29) is 0 Å². The van der Waals surface area contributed by atoms with Crippen LogP contribution in [-0.4, -0.2) is 28.4 Å². The van der Waals surface area contributed by atoms with Gasteiger partial charge in [-0.15, -0.1) is 0 Å². The molecule has 1 amide bonds. The molecule has 0 N–H and O–H groups in total. The van der Waals surface area contributed by atoms with Crippen molar-refractivity contribution in [1.29, 1.82) is 0 Å². The number of nitrogens with zero attached hydrogens (tertiary/aromatic N) is 2. The minimum absolute atomic E-state index is 0.304. The smallest absolute Gasteiger partial charge is 0.223 e. The molecule has 0 aromatic carbocycles. The molecular weight excluding hydrogens is 236 g/mol. The standard InChI is InChI=1S/C16H24N2O/c1-2-18(15-8-4-3-5-9-15)16(19)11-10-14-7-6-12-17-13-14/h6-7,12-13,15H,2-5,8-11H2,1H3. The van der Waals surface area contributed by atoms with E-state index in [0.717, 1.165) is 18.5 Å². The van der Waals surface area contributed by atoms with Crippen molar-refractivity contribution in [3.05, 3.63) is 30.1 Å². The summed E-state index contributed by atoms with van der Waals surface area (Å²) < 4.78 is 0. The van der Waals surface area contributed by atoms with Crippen molar-refractivity contribution >= 4 is 5.91 Å². The number of aryl methyl sites for hydroxylation is 1. The lowest BCUT2D eigenvalue weighted by molar-refractivity contribution is -0.133. The van der Waals surface area contributed by atoms with Gasteiger partial charge in [-0.25, -0.2) is 0 Å². The van der Waals surface area contributed by atoms with Crippen LogP contribution in [0.15, 0.2) is 24.5 Å². The molecule has 2 rings (SSSR count).